The van der Waals surface area contributed by atoms with Gasteiger partial charge in [-0.3, -0.25) is 9.69 Å². The number of aromatic nitrogens is 2. The molecule has 4 heterocycles. The fourth-order valence-corrected chi connectivity index (χ4v) is 5.65. The molecule has 5 rings (SSSR count). The number of likely N-dealkylation sites (tertiary alicyclic amines) is 2. The van der Waals surface area contributed by atoms with Gasteiger partial charge in [0.1, 0.15) is 0 Å². The van der Waals surface area contributed by atoms with Gasteiger partial charge >= 0.3 is 12.2 Å². The smallest absolute Gasteiger partial charge is 0.378 e. The first-order valence-electron chi connectivity index (χ1n) is 12.5. The SMILES string of the molecule is CNC(=O)c1cnn(C(=O)N2CCC3(CCN(Cc4ccc(N5CCOCC5)cc4C(F)(F)F)C3)C2)c1. The van der Waals surface area contributed by atoms with Gasteiger partial charge in [-0.05, 0) is 37.1 Å². The molecule has 0 radical (unpaired) electrons. The first kappa shape index (κ1) is 25.5. The van der Waals surface area contributed by atoms with Gasteiger partial charge in [-0.2, -0.15) is 23.0 Å². The number of nitrogens with one attached hydrogen (secondary N) is 1. The molecule has 1 unspecified atom stereocenters. The van der Waals surface area contributed by atoms with Crippen molar-refractivity contribution in [3.8, 4) is 0 Å². The van der Waals surface area contributed by atoms with Crippen molar-refractivity contribution in [1.29, 1.82) is 0 Å². The third-order valence-corrected chi connectivity index (χ3v) is 7.66. The number of rotatable bonds is 4. The van der Waals surface area contributed by atoms with Gasteiger partial charge in [0.15, 0.2) is 0 Å². The van der Waals surface area contributed by atoms with Gasteiger partial charge in [-0.15, -0.1) is 0 Å². The third-order valence-electron chi connectivity index (χ3n) is 7.66. The zero-order chi connectivity index (χ0) is 26.2. The fourth-order valence-electron chi connectivity index (χ4n) is 5.65. The van der Waals surface area contributed by atoms with E-state index in [-0.39, 0.29) is 29.5 Å². The van der Waals surface area contributed by atoms with E-state index in [9.17, 15) is 22.8 Å². The minimum absolute atomic E-state index is 0.154. The second-order valence-corrected chi connectivity index (χ2v) is 10.1. The molecule has 200 valence electrons. The molecule has 1 spiro atoms. The Kier molecular flexibility index (Phi) is 6.88. The highest BCUT2D eigenvalue weighted by molar-refractivity contribution is 5.94. The Morgan fingerprint density at radius 2 is 1.86 bits per heavy atom. The van der Waals surface area contributed by atoms with E-state index in [4.69, 9.17) is 4.74 Å². The molecule has 1 aromatic heterocycles. The van der Waals surface area contributed by atoms with Crippen LogP contribution in [0.3, 0.4) is 0 Å². The summed E-state index contributed by atoms with van der Waals surface area (Å²) in [6.45, 7) is 4.74. The summed E-state index contributed by atoms with van der Waals surface area (Å²) in [4.78, 5) is 30.4. The molecule has 2 aromatic rings. The zero-order valence-corrected chi connectivity index (χ0v) is 20.8. The van der Waals surface area contributed by atoms with E-state index in [0.717, 1.165) is 12.8 Å². The largest absolute Gasteiger partial charge is 0.416 e. The number of carbonyl (C=O) groups excluding carboxylic acids is 2. The summed E-state index contributed by atoms with van der Waals surface area (Å²) < 4.78 is 48.5. The summed E-state index contributed by atoms with van der Waals surface area (Å²) >= 11 is 0. The molecule has 37 heavy (non-hydrogen) atoms. The highest BCUT2D eigenvalue weighted by Crippen LogP contribution is 2.41. The lowest BCUT2D eigenvalue weighted by molar-refractivity contribution is -0.138. The van der Waals surface area contributed by atoms with Gasteiger partial charge in [0, 0.05) is 63.6 Å². The molecule has 12 heteroatoms. The first-order valence-corrected chi connectivity index (χ1v) is 12.5. The molecule has 1 aromatic carbocycles. The van der Waals surface area contributed by atoms with Crippen LogP contribution in [0.4, 0.5) is 23.7 Å². The van der Waals surface area contributed by atoms with E-state index in [1.54, 1.807) is 17.0 Å². The lowest BCUT2D eigenvalue weighted by Crippen LogP contribution is -2.37. The minimum Gasteiger partial charge on any atom is -0.378 e. The summed E-state index contributed by atoms with van der Waals surface area (Å²) in [6, 6.07) is 4.34. The van der Waals surface area contributed by atoms with Crippen LogP contribution in [0.15, 0.2) is 30.6 Å². The van der Waals surface area contributed by atoms with Crippen LogP contribution in [0.25, 0.3) is 0 Å². The summed E-state index contributed by atoms with van der Waals surface area (Å²) in [5.74, 6) is -0.320. The summed E-state index contributed by atoms with van der Waals surface area (Å²) in [6.07, 6.45) is -0.0921. The Hall–Kier alpha value is -3.12. The van der Waals surface area contributed by atoms with Crippen LogP contribution in [0, 0.1) is 5.41 Å². The Labute approximate surface area is 213 Å². The van der Waals surface area contributed by atoms with E-state index in [0.29, 0.717) is 63.7 Å². The Morgan fingerprint density at radius 3 is 2.59 bits per heavy atom. The van der Waals surface area contributed by atoms with Gasteiger partial charge in [-0.25, -0.2) is 4.79 Å². The summed E-state index contributed by atoms with van der Waals surface area (Å²) in [7, 11) is 1.51. The van der Waals surface area contributed by atoms with Crippen molar-refractivity contribution in [2.45, 2.75) is 25.6 Å². The van der Waals surface area contributed by atoms with Gasteiger partial charge < -0.3 is 19.9 Å². The Balaban J connectivity index is 1.25. The maximum absolute atomic E-state index is 14.0. The maximum atomic E-state index is 14.0. The number of carbonyl (C=O) groups is 2. The number of hydrogen-bond acceptors (Lipinski definition) is 6. The first-order chi connectivity index (χ1) is 17.7. The van der Waals surface area contributed by atoms with E-state index in [1.165, 1.54) is 30.2 Å². The van der Waals surface area contributed by atoms with Crippen LogP contribution < -0.4 is 10.2 Å². The molecule has 3 fully saturated rings. The molecule has 9 nitrogen and oxygen atoms in total. The van der Waals surface area contributed by atoms with Gasteiger partial charge in [0.05, 0.1) is 30.5 Å². The fraction of sp³-hybridized carbons (Fsp3) is 0.560. The molecule has 0 aliphatic carbocycles. The number of anilines is 1. The number of benzene rings is 1. The highest BCUT2D eigenvalue weighted by Gasteiger charge is 2.45. The molecule has 3 aliphatic heterocycles. The van der Waals surface area contributed by atoms with Crippen molar-refractivity contribution in [3.63, 3.8) is 0 Å². The van der Waals surface area contributed by atoms with Crippen LogP contribution in [0.5, 0.6) is 0 Å². The maximum Gasteiger partial charge on any atom is 0.416 e. The molecular formula is C25H31F3N6O3. The normalized spacial score (nSPS) is 22.7. The molecular weight excluding hydrogens is 489 g/mol. The van der Waals surface area contributed by atoms with Crippen molar-refractivity contribution in [2.24, 2.45) is 5.41 Å². The lowest BCUT2D eigenvalue weighted by atomic mass is 9.86. The molecule has 0 saturated carbocycles. The quantitative estimate of drug-likeness (QED) is 0.668. The highest BCUT2D eigenvalue weighted by atomic mass is 19.4. The molecule has 0 bridgehead atoms. The average molecular weight is 521 g/mol. The van der Waals surface area contributed by atoms with Crippen molar-refractivity contribution in [2.75, 3.05) is 64.4 Å². The van der Waals surface area contributed by atoms with Crippen LogP contribution >= 0.6 is 0 Å². The second kappa shape index (κ2) is 9.97. The number of morpholine rings is 1. The Bertz CT molecular complexity index is 1160. The van der Waals surface area contributed by atoms with Crippen LogP contribution in [0.2, 0.25) is 0 Å². The van der Waals surface area contributed by atoms with E-state index in [2.05, 4.69) is 15.3 Å². The number of halogens is 3. The molecule has 3 aliphatic rings. The van der Waals surface area contributed by atoms with Crippen LogP contribution in [-0.4, -0.2) is 91.0 Å². The van der Waals surface area contributed by atoms with Gasteiger partial charge in [-0.1, -0.05) is 6.07 Å². The lowest BCUT2D eigenvalue weighted by Gasteiger charge is -2.30. The predicted molar refractivity (Wildman–Crippen MR) is 129 cm³/mol. The van der Waals surface area contributed by atoms with Crippen LogP contribution in [-0.2, 0) is 17.5 Å². The van der Waals surface area contributed by atoms with Gasteiger partial charge in [0.25, 0.3) is 5.91 Å². The summed E-state index contributed by atoms with van der Waals surface area (Å²) in [5, 5.41) is 6.53. The number of amides is 2. The topological polar surface area (TPSA) is 82.9 Å². The molecule has 3 saturated heterocycles. The summed E-state index contributed by atoms with van der Waals surface area (Å²) in [5.41, 5.74) is 0.396. The predicted octanol–water partition coefficient (Wildman–Crippen LogP) is 2.66. The second-order valence-electron chi connectivity index (χ2n) is 10.1. The Morgan fingerprint density at radius 1 is 1.11 bits per heavy atom. The number of nitrogens with zero attached hydrogens (tertiary/aromatic N) is 5. The standard InChI is InChI=1S/C25H31F3N6O3/c1-29-22(35)19-13-30-34(15-19)23(36)33-7-5-24(17-33)4-6-31(16-24)14-18-2-3-20(12-21(18)25(26,27)28)32-8-10-37-11-9-32/h2-3,12-13,15H,4-11,14,16-17H2,1H3,(H,29,35). The van der Waals surface area contributed by atoms with Gasteiger partial charge in [0.2, 0.25) is 0 Å². The van der Waals surface area contributed by atoms with E-state index >= 15 is 0 Å². The molecule has 1 atom stereocenters. The van der Waals surface area contributed by atoms with Crippen molar-refractivity contribution >= 4 is 17.6 Å². The monoisotopic (exact) mass is 520 g/mol. The van der Waals surface area contributed by atoms with Crippen molar-refractivity contribution in [1.82, 2.24) is 24.9 Å². The third kappa shape index (κ3) is 5.30. The van der Waals surface area contributed by atoms with E-state index < -0.39 is 11.7 Å². The molecule has 2 amide bonds. The zero-order valence-electron chi connectivity index (χ0n) is 20.8. The number of ether oxygens (including phenoxy) is 1. The van der Waals surface area contributed by atoms with Crippen molar-refractivity contribution < 1.29 is 27.5 Å². The number of alkyl halides is 3. The minimum atomic E-state index is -4.44. The van der Waals surface area contributed by atoms with E-state index in [1.807, 2.05) is 4.90 Å². The molecule has 1 N–H and O–H groups in total. The van der Waals surface area contributed by atoms with Crippen LogP contribution in [0.1, 0.15) is 34.3 Å². The number of hydrogen-bond donors (Lipinski definition) is 1. The average Bonchev–Trinajstić information content (AvgIpc) is 3.64. The van der Waals surface area contributed by atoms with Crippen molar-refractivity contribution in [3.05, 3.63) is 47.3 Å².